The number of nitrogens with zero attached hydrogens (tertiary/aromatic N) is 1. The summed E-state index contributed by atoms with van der Waals surface area (Å²) in [4.78, 5) is 11.4. The number of halogens is 1. The molecule has 0 radical (unpaired) electrons. The number of aryl methyl sites for hydroxylation is 1. The van der Waals surface area contributed by atoms with Crippen LogP contribution in [0.2, 0.25) is 0 Å². The summed E-state index contributed by atoms with van der Waals surface area (Å²) in [5.74, 6) is 1.64. The van der Waals surface area contributed by atoms with Crippen LogP contribution in [0.4, 0.5) is 0 Å². The first kappa shape index (κ1) is 23.2. The third kappa shape index (κ3) is 3.91. The van der Waals surface area contributed by atoms with Gasteiger partial charge in [-0.3, -0.25) is 4.79 Å². The van der Waals surface area contributed by atoms with E-state index in [9.17, 15) is 9.90 Å². The Balaban J connectivity index is 0.00000289. The van der Waals surface area contributed by atoms with Crippen LogP contribution in [0.25, 0.3) is 27.1 Å². The molecule has 4 aromatic rings. The molecule has 2 heterocycles. The topological polar surface area (TPSA) is 78.3 Å². The lowest BCUT2D eigenvalue weighted by atomic mass is 10.0. The summed E-state index contributed by atoms with van der Waals surface area (Å²) in [5.41, 5.74) is 1.81. The highest BCUT2D eigenvalue weighted by Crippen LogP contribution is 2.37. The monoisotopic (exact) mass is 457 g/mol. The normalized spacial score (nSPS) is 10.8. The highest BCUT2D eigenvalue weighted by Gasteiger charge is 2.22. The van der Waals surface area contributed by atoms with Crippen molar-refractivity contribution in [2.75, 3.05) is 28.4 Å². The third-order valence-corrected chi connectivity index (χ3v) is 5.52. The lowest BCUT2D eigenvalue weighted by Gasteiger charge is -2.12. The van der Waals surface area contributed by atoms with Gasteiger partial charge in [0.25, 0.3) is 0 Å². The summed E-state index contributed by atoms with van der Waals surface area (Å²) in [7, 11) is 6.39. The molecule has 0 aliphatic rings. The number of rotatable bonds is 7. The Kier molecular flexibility index (Phi) is 6.79. The minimum Gasteiger partial charge on any atom is -1.00 e. The Morgan fingerprint density at radius 1 is 0.812 bits per heavy atom. The van der Waals surface area contributed by atoms with Crippen molar-refractivity contribution < 1.29 is 45.7 Å². The average molecular weight is 458 g/mol. The van der Waals surface area contributed by atoms with E-state index in [1.807, 2.05) is 40.9 Å². The fourth-order valence-electron chi connectivity index (χ4n) is 4.02. The van der Waals surface area contributed by atoms with Gasteiger partial charge in [0.1, 0.15) is 0 Å². The van der Waals surface area contributed by atoms with Crippen molar-refractivity contribution in [3.8, 4) is 23.0 Å². The number of carboxylic acids is 1. The van der Waals surface area contributed by atoms with Crippen molar-refractivity contribution >= 4 is 33.0 Å². The smallest absolute Gasteiger partial charge is 0.303 e. The van der Waals surface area contributed by atoms with Gasteiger partial charge < -0.3 is 36.5 Å². The molecule has 0 saturated heterocycles. The van der Waals surface area contributed by atoms with E-state index < -0.39 is 5.97 Å². The van der Waals surface area contributed by atoms with Gasteiger partial charge in [-0.05, 0) is 35.0 Å². The van der Waals surface area contributed by atoms with Crippen molar-refractivity contribution in [2.24, 2.45) is 0 Å². The summed E-state index contributed by atoms with van der Waals surface area (Å²) < 4.78 is 24.0. The van der Waals surface area contributed by atoms with E-state index in [0.29, 0.717) is 29.4 Å². The molecular weight excluding hydrogens is 434 g/mol. The predicted molar refractivity (Wildman–Crippen MR) is 117 cm³/mol. The summed E-state index contributed by atoms with van der Waals surface area (Å²) in [5, 5.41) is 13.1. The number of pyridine rings is 2. The van der Waals surface area contributed by atoms with Gasteiger partial charge in [0.15, 0.2) is 34.9 Å². The molecule has 32 heavy (non-hydrogen) atoms. The maximum atomic E-state index is 11.4. The molecule has 7 nitrogen and oxygen atoms in total. The zero-order valence-corrected chi connectivity index (χ0v) is 19.0. The Bertz CT molecular complexity index is 1320. The van der Waals surface area contributed by atoms with Crippen molar-refractivity contribution in [3.05, 3.63) is 48.3 Å². The van der Waals surface area contributed by atoms with E-state index >= 15 is 0 Å². The van der Waals surface area contributed by atoms with E-state index in [1.54, 1.807) is 28.4 Å². The first-order valence-corrected chi connectivity index (χ1v) is 9.80. The second-order valence-corrected chi connectivity index (χ2v) is 7.14. The van der Waals surface area contributed by atoms with Crippen LogP contribution in [-0.4, -0.2) is 39.5 Å². The summed E-state index contributed by atoms with van der Waals surface area (Å²) in [6.07, 6.45) is 2.33. The first-order chi connectivity index (χ1) is 15.0. The van der Waals surface area contributed by atoms with Crippen molar-refractivity contribution in [1.82, 2.24) is 0 Å². The summed E-state index contributed by atoms with van der Waals surface area (Å²) in [6.45, 7) is 0. The largest absolute Gasteiger partial charge is 1.00 e. The van der Waals surface area contributed by atoms with Crippen LogP contribution in [0.15, 0.2) is 42.6 Å². The molecule has 0 amide bonds. The second-order valence-electron chi connectivity index (χ2n) is 7.14. The van der Waals surface area contributed by atoms with Crippen LogP contribution in [0.5, 0.6) is 23.0 Å². The van der Waals surface area contributed by atoms with E-state index in [0.717, 1.165) is 32.8 Å². The van der Waals surface area contributed by atoms with E-state index in [1.165, 1.54) is 0 Å². The molecule has 2 aromatic heterocycles. The zero-order valence-electron chi connectivity index (χ0n) is 18.3. The van der Waals surface area contributed by atoms with Crippen molar-refractivity contribution in [3.63, 3.8) is 0 Å². The van der Waals surface area contributed by atoms with E-state index in [-0.39, 0.29) is 18.8 Å². The number of carbonyl (C=O) groups is 1. The minimum atomic E-state index is -0.849. The Hall–Kier alpha value is -3.45. The SMILES string of the molecule is COc1cc2cc3c4cc(OC)c(OC)cc4cc[n+]3c(CCC(=O)O)c2cc1OC.[Cl-]. The lowest BCUT2D eigenvalue weighted by molar-refractivity contribution is -0.518. The highest BCUT2D eigenvalue weighted by molar-refractivity contribution is 6.00. The third-order valence-electron chi connectivity index (χ3n) is 5.52. The Morgan fingerprint density at radius 3 is 1.91 bits per heavy atom. The lowest BCUT2D eigenvalue weighted by Crippen LogP contribution is -3.00. The number of ether oxygens (including phenoxy) is 4. The fraction of sp³-hybridized carbons (Fsp3) is 0.250. The quantitative estimate of drug-likeness (QED) is 0.251. The van der Waals surface area contributed by atoms with Gasteiger partial charge in [-0.2, -0.15) is 4.40 Å². The first-order valence-electron chi connectivity index (χ1n) is 9.80. The van der Waals surface area contributed by atoms with Gasteiger partial charge in [-0.25, -0.2) is 0 Å². The number of benzene rings is 2. The number of aromatic nitrogens is 1. The molecule has 2 aromatic carbocycles. The van der Waals surface area contributed by atoms with Gasteiger partial charge in [0, 0.05) is 18.6 Å². The van der Waals surface area contributed by atoms with Crippen LogP contribution in [0.3, 0.4) is 0 Å². The summed E-state index contributed by atoms with van der Waals surface area (Å²) in [6, 6.07) is 11.7. The molecule has 0 bridgehead atoms. The number of carboxylic acid groups (broad SMARTS) is 1. The molecule has 0 aliphatic carbocycles. The standard InChI is InChI=1S/C24H23NO6.ClH/c1-28-20-10-14-7-8-25-18(5-6-24(26)27)17-13-23(31-4)21(29-2)11-15(17)9-19(25)16(14)12-22(20)30-3;/h7-13H,5-6H2,1-4H3;1H. The molecule has 0 unspecified atom stereocenters. The van der Waals surface area contributed by atoms with E-state index in [2.05, 4.69) is 6.07 Å². The van der Waals surface area contributed by atoms with Crippen LogP contribution >= 0.6 is 0 Å². The number of methoxy groups -OCH3 is 4. The Morgan fingerprint density at radius 2 is 1.34 bits per heavy atom. The fourth-order valence-corrected chi connectivity index (χ4v) is 4.02. The van der Waals surface area contributed by atoms with E-state index in [4.69, 9.17) is 18.9 Å². The molecule has 4 rings (SSSR count). The van der Waals surface area contributed by atoms with Gasteiger partial charge in [0.2, 0.25) is 5.52 Å². The number of fused-ring (bicyclic) bond motifs is 4. The highest BCUT2D eigenvalue weighted by atomic mass is 35.5. The van der Waals surface area contributed by atoms with Gasteiger partial charge in [0.05, 0.1) is 45.6 Å². The molecular formula is C24H24ClNO6. The molecule has 0 spiro atoms. The van der Waals surface area contributed by atoms with Crippen LogP contribution in [0.1, 0.15) is 12.1 Å². The molecule has 0 atom stereocenters. The number of aliphatic carboxylic acids is 1. The second kappa shape index (κ2) is 9.36. The van der Waals surface area contributed by atoms with Crippen LogP contribution in [-0.2, 0) is 11.2 Å². The molecule has 168 valence electrons. The molecule has 8 heteroatoms. The molecule has 1 N–H and O–H groups in total. The molecule has 0 saturated carbocycles. The molecule has 0 fully saturated rings. The number of hydrogen-bond donors (Lipinski definition) is 1. The zero-order chi connectivity index (χ0) is 22.1. The maximum absolute atomic E-state index is 11.4. The van der Waals surface area contributed by atoms with Crippen molar-refractivity contribution in [2.45, 2.75) is 12.8 Å². The Labute approximate surface area is 191 Å². The van der Waals surface area contributed by atoms with Crippen LogP contribution in [0, 0.1) is 0 Å². The molecule has 0 aliphatic heterocycles. The predicted octanol–water partition coefficient (Wildman–Crippen LogP) is 0.787. The van der Waals surface area contributed by atoms with Crippen LogP contribution < -0.4 is 35.8 Å². The minimum absolute atomic E-state index is 0. The van der Waals surface area contributed by atoms with Gasteiger partial charge in [-0.1, -0.05) is 0 Å². The van der Waals surface area contributed by atoms with Gasteiger partial charge >= 0.3 is 5.97 Å². The van der Waals surface area contributed by atoms with Crippen molar-refractivity contribution in [1.29, 1.82) is 0 Å². The van der Waals surface area contributed by atoms with Gasteiger partial charge in [-0.15, -0.1) is 0 Å². The maximum Gasteiger partial charge on any atom is 0.303 e. The summed E-state index contributed by atoms with van der Waals surface area (Å²) >= 11 is 0. The average Bonchev–Trinajstić information content (AvgIpc) is 2.79. The number of hydrogen-bond acceptors (Lipinski definition) is 5.